The van der Waals surface area contributed by atoms with Gasteiger partial charge in [-0.25, -0.2) is 4.79 Å². The van der Waals surface area contributed by atoms with Crippen LogP contribution < -0.4 is 11.2 Å². The van der Waals surface area contributed by atoms with Gasteiger partial charge in [-0.05, 0) is 38.4 Å². The average molecular weight is 271 g/mol. The van der Waals surface area contributed by atoms with E-state index in [1.165, 1.54) is 0 Å². The van der Waals surface area contributed by atoms with Crippen LogP contribution in [0.2, 0.25) is 0 Å². The van der Waals surface area contributed by atoms with Crippen molar-refractivity contribution in [1.29, 1.82) is 0 Å². The zero-order valence-corrected chi connectivity index (χ0v) is 10.9. The summed E-state index contributed by atoms with van der Waals surface area (Å²) in [7, 11) is 0. The Morgan fingerprint density at radius 2 is 2.00 bits per heavy atom. The Hall–Kier alpha value is -1.63. The minimum atomic E-state index is -1.30. The van der Waals surface area contributed by atoms with Crippen LogP contribution in [0, 0.1) is 11.7 Å². The Morgan fingerprint density at radius 1 is 1.37 bits per heavy atom. The van der Waals surface area contributed by atoms with Crippen molar-refractivity contribution >= 4 is 0 Å². The minimum Gasteiger partial charge on any atom is -0.492 e. The van der Waals surface area contributed by atoms with Gasteiger partial charge < -0.3 is 10.0 Å². The predicted molar refractivity (Wildman–Crippen MR) is 67.8 cm³/mol. The maximum Gasteiger partial charge on any atom is 0.331 e. The van der Waals surface area contributed by atoms with Gasteiger partial charge in [0.2, 0.25) is 11.7 Å². The van der Waals surface area contributed by atoms with Crippen LogP contribution in [0.1, 0.15) is 19.8 Å². The van der Waals surface area contributed by atoms with E-state index in [2.05, 4.69) is 11.8 Å². The number of hydrogen-bond acceptors (Lipinski definition) is 4. The van der Waals surface area contributed by atoms with Gasteiger partial charge in [0.25, 0.3) is 5.56 Å². The molecule has 106 valence electrons. The number of H-pyrrole nitrogens is 1. The molecule has 1 aromatic heterocycles. The predicted octanol–water partition coefficient (Wildman–Crippen LogP) is 0.113. The third-order valence-corrected chi connectivity index (χ3v) is 3.71. The number of hydrogen-bond donors (Lipinski definition) is 2. The molecule has 0 atom stereocenters. The van der Waals surface area contributed by atoms with Crippen molar-refractivity contribution in [3.05, 3.63) is 26.7 Å². The lowest BCUT2D eigenvalue weighted by Gasteiger charge is -2.31. The van der Waals surface area contributed by atoms with E-state index in [1.54, 1.807) is 0 Å². The second-order valence-corrected chi connectivity index (χ2v) is 4.89. The van der Waals surface area contributed by atoms with E-state index in [9.17, 15) is 19.1 Å². The van der Waals surface area contributed by atoms with Gasteiger partial charge >= 0.3 is 5.69 Å². The molecule has 0 unspecified atom stereocenters. The molecule has 0 bridgehead atoms. The Morgan fingerprint density at radius 3 is 2.58 bits per heavy atom. The quantitative estimate of drug-likeness (QED) is 0.818. The molecule has 0 aliphatic carbocycles. The lowest BCUT2D eigenvalue weighted by atomic mass is 9.97. The molecule has 2 N–H and O–H groups in total. The number of nitrogens with zero attached hydrogens (tertiary/aromatic N) is 2. The molecular weight excluding hydrogens is 253 g/mol. The van der Waals surface area contributed by atoms with E-state index < -0.39 is 22.9 Å². The first kappa shape index (κ1) is 13.8. The first-order valence-electron chi connectivity index (χ1n) is 6.46. The molecule has 2 heterocycles. The monoisotopic (exact) mass is 271 g/mol. The summed E-state index contributed by atoms with van der Waals surface area (Å²) in [5.74, 6) is -1.96. The summed E-state index contributed by atoms with van der Waals surface area (Å²) >= 11 is 0. The van der Waals surface area contributed by atoms with Crippen LogP contribution in [-0.2, 0) is 6.54 Å². The second-order valence-electron chi connectivity index (χ2n) is 4.89. The number of halogens is 1. The fraction of sp³-hybridized carbons (Fsp3) is 0.667. The molecule has 1 aliphatic heterocycles. The fourth-order valence-electron chi connectivity index (χ4n) is 2.45. The largest absolute Gasteiger partial charge is 0.492 e. The third kappa shape index (κ3) is 2.86. The van der Waals surface area contributed by atoms with Crippen LogP contribution in [-0.4, -0.2) is 39.2 Å². The van der Waals surface area contributed by atoms with Gasteiger partial charge in [0.1, 0.15) is 0 Å². The molecule has 0 radical (unpaired) electrons. The van der Waals surface area contributed by atoms with Crippen LogP contribution in [0.15, 0.2) is 9.59 Å². The van der Waals surface area contributed by atoms with Crippen molar-refractivity contribution in [1.82, 2.24) is 14.5 Å². The van der Waals surface area contributed by atoms with Crippen LogP contribution in [0.3, 0.4) is 0 Å². The standard InChI is InChI=1S/C12H18FN3O3/c1-2-15-5-3-8(4-6-15)7-16-11(18)9(13)10(17)14-12(16)19/h8,18H,2-7H2,1H3,(H,14,17,19). The van der Waals surface area contributed by atoms with Crippen molar-refractivity contribution in [2.75, 3.05) is 19.6 Å². The lowest BCUT2D eigenvalue weighted by molar-refractivity contribution is 0.175. The average Bonchev–Trinajstić information content (AvgIpc) is 2.42. The molecule has 0 saturated carbocycles. The second kappa shape index (κ2) is 5.56. The van der Waals surface area contributed by atoms with E-state index in [4.69, 9.17) is 0 Å². The van der Waals surface area contributed by atoms with Gasteiger partial charge in [-0.15, -0.1) is 0 Å². The Balaban J connectivity index is 2.15. The smallest absolute Gasteiger partial charge is 0.331 e. The SMILES string of the molecule is CCN1CCC(Cn2c(O)c(F)c(=O)[nH]c2=O)CC1. The highest BCUT2D eigenvalue weighted by molar-refractivity contribution is 5.09. The number of aromatic amines is 1. The number of aromatic hydroxyl groups is 1. The van der Waals surface area contributed by atoms with Gasteiger partial charge in [0.05, 0.1) is 0 Å². The summed E-state index contributed by atoms with van der Waals surface area (Å²) < 4.78 is 14.2. The van der Waals surface area contributed by atoms with E-state index in [0.29, 0.717) is 0 Å². The van der Waals surface area contributed by atoms with Crippen LogP contribution >= 0.6 is 0 Å². The lowest BCUT2D eigenvalue weighted by Crippen LogP contribution is -2.38. The summed E-state index contributed by atoms with van der Waals surface area (Å²) in [6.45, 7) is 5.18. The zero-order chi connectivity index (χ0) is 14.0. The topological polar surface area (TPSA) is 78.3 Å². The number of nitrogens with one attached hydrogen (secondary N) is 1. The summed E-state index contributed by atoms with van der Waals surface area (Å²) in [5.41, 5.74) is -1.94. The van der Waals surface area contributed by atoms with Crippen LogP contribution in [0.25, 0.3) is 0 Å². The highest BCUT2D eigenvalue weighted by Gasteiger charge is 2.21. The van der Waals surface area contributed by atoms with Crippen molar-refractivity contribution in [3.63, 3.8) is 0 Å². The third-order valence-electron chi connectivity index (χ3n) is 3.71. The van der Waals surface area contributed by atoms with Gasteiger partial charge in [-0.2, -0.15) is 4.39 Å². The summed E-state index contributed by atoms with van der Waals surface area (Å²) in [6, 6.07) is 0. The number of likely N-dealkylation sites (tertiary alicyclic amines) is 1. The minimum absolute atomic E-state index is 0.205. The Labute approximate surface area is 109 Å². The maximum absolute atomic E-state index is 13.3. The number of rotatable bonds is 3. The van der Waals surface area contributed by atoms with Crippen molar-refractivity contribution in [2.24, 2.45) is 5.92 Å². The first-order valence-corrected chi connectivity index (χ1v) is 6.46. The van der Waals surface area contributed by atoms with E-state index in [-0.39, 0.29) is 12.5 Å². The Bertz CT molecular complexity index is 558. The molecule has 2 rings (SSSR count). The maximum atomic E-state index is 13.3. The van der Waals surface area contributed by atoms with Crippen molar-refractivity contribution in [2.45, 2.75) is 26.3 Å². The van der Waals surface area contributed by atoms with E-state index in [0.717, 1.165) is 37.0 Å². The molecule has 19 heavy (non-hydrogen) atoms. The molecule has 0 spiro atoms. The Kier molecular flexibility index (Phi) is 4.04. The van der Waals surface area contributed by atoms with Gasteiger partial charge in [-0.1, -0.05) is 6.92 Å². The van der Waals surface area contributed by atoms with Crippen molar-refractivity contribution < 1.29 is 9.50 Å². The molecule has 1 aromatic rings. The molecule has 7 heteroatoms. The molecule has 0 amide bonds. The number of piperidine rings is 1. The summed E-state index contributed by atoms with van der Waals surface area (Å²) in [5, 5.41) is 9.55. The zero-order valence-electron chi connectivity index (χ0n) is 10.9. The van der Waals surface area contributed by atoms with Gasteiger partial charge in [0, 0.05) is 6.54 Å². The number of aromatic nitrogens is 2. The molecule has 1 aliphatic rings. The fourth-order valence-corrected chi connectivity index (χ4v) is 2.45. The molecule has 1 saturated heterocycles. The molecule has 1 fully saturated rings. The molecule has 6 nitrogen and oxygen atoms in total. The first-order chi connectivity index (χ1) is 9.02. The van der Waals surface area contributed by atoms with Gasteiger partial charge in [0.15, 0.2) is 0 Å². The van der Waals surface area contributed by atoms with Crippen LogP contribution in [0.5, 0.6) is 5.88 Å². The van der Waals surface area contributed by atoms with E-state index in [1.807, 2.05) is 4.98 Å². The normalized spacial score (nSPS) is 17.8. The highest BCUT2D eigenvalue weighted by Crippen LogP contribution is 2.20. The summed E-state index contributed by atoms with van der Waals surface area (Å²) in [6.07, 6.45) is 1.78. The van der Waals surface area contributed by atoms with Crippen molar-refractivity contribution in [3.8, 4) is 5.88 Å². The summed E-state index contributed by atoms with van der Waals surface area (Å²) in [4.78, 5) is 26.7. The van der Waals surface area contributed by atoms with Gasteiger partial charge in [-0.3, -0.25) is 14.3 Å². The molecular formula is C12H18FN3O3. The highest BCUT2D eigenvalue weighted by atomic mass is 19.1. The molecule has 0 aromatic carbocycles. The van der Waals surface area contributed by atoms with Crippen LogP contribution in [0.4, 0.5) is 4.39 Å². The van der Waals surface area contributed by atoms with E-state index >= 15 is 0 Å².